The quantitative estimate of drug-likeness (QED) is 0.898. The molecule has 3 heterocycles. The Hall–Kier alpha value is -2.21. The molecule has 6 heteroatoms. The van der Waals surface area contributed by atoms with Crippen LogP contribution in [0.1, 0.15) is 43.2 Å². The minimum Gasteiger partial charge on any atom is -0.396 e. The third-order valence-corrected chi connectivity index (χ3v) is 5.92. The van der Waals surface area contributed by atoms with Crippen LogP contribution in [0.4, 0.5) is 0 Å². The van der Waals surface area contributed by atoms with Gasteiger partial charge in [0.25, 0.3) is 11.5 Å². The number of amides is 1. The number of nitrogens with zero attached hydrogens (tertiary/aromatic N) is 2. The van der Waals surface area contributed by atoms with Crippen molar-refractivity contribution in [1.29, 1.82) is 0 Å². The number of carbonyl (C=O) groups excluding carboxylic acids is 1. The first-order chi connectivity index (χ1) is 11.6. The van der Waals surface area contributed by atoms with E-state index in [0.717, 1.165) is 25.7 Å². The molecule has 1 aromatic carbocycles. The van der Waals surface area contributed by atoms with Gasteiger partial charge in [-0.2, -0.15) is 0 Å². The number of aromatic nitrogens is 2. The maximum Gasteiger partial charge on any atom is 0.290 e. The summed E-state index contributed by atoms with van der Waals surface area (Å²) in [6.45, 7) is 2.16. The van der Waals surface area contributed by atoms with Crippen LogP contribution in [0.5, 0.6) is 0 Å². The molecule has 2 aliphatic rings. The number of nitrogens with one attached hydrogen (secondary N) is 1. The van der Waals surface area contributed by atoms with Gasteiger partial charge in [0.2, 0.25) is 0 Å². The fourth-order valence-corrected chi connectivity index (χ4v) is 4.57. The van der Waals surface area contributed by atoms with Crippen molar-refractivity contribution in [2.45, 2.75) is 44.7 Å². The third-order valence-electron chi connectivity index (χ3n) is 5.92. The van der Waals surface area contributed by atoms with Gasteiger partial charge >= 0.3 is 0 Å². The molecule has 2 aromatic rings. The number of hydrogen-bond acceptors (Lipinski definition) is 4. The topological polar surface area (TPSA) is 86.3 Å². The summed E-state index contributed by atoms with van der Waals surface area (Å²) in [5.41, 5.74) is 0.0230. The first kappa shape index (κ1) is 15.3. The highest BCUT2D eigenvalue weighted by Crippen LogP contribution is 2.51. The Kier molecular flexibility index (Phi) is 3.46. The molecular formula is C18H21N3O3. The highest BCUT2D eigenvalue weighted by molar-refractivity contribution is 5.93. The number of H-pyrrole nitrogens is 1. The first-order valence-electron chi connectivity index (χ1n) is 8.52. The number of hydrogen-bond donors (Lipinski definition) is 2. The Bertz CT molecular complexity index is 856. The Labute approximate surface area is 139 Å². The normalized spacial score (nSPS) is 28.7. The zero-order valence-electron chi connectivity index (χ0n) is 13.7. The summed E-state index contributed by atoms with van der Waals surface area (Å²) in [6, 6.07) is 7.18. The molecule has 0 radical (unpaired) electrons. The lowest BCUT2D eigenvalue weighted by molar-refractivity contribution is 0.0548. The summed E-state index contributed by atoms with van der Waals surface area (Å²) in [5.74, 6) is -0.130. The van der Waals surface area contributed by atoms with E-state index in [2.05, 4.69) is 16.9 Å². The van der Waals surface area contributed by atoms with Crippen LogP contribution in [-0.4, -0.2) is 44.6 Å². The lowest BCUT2D eigenvalue weighted by Gasteiger charge is -2.34. The molecule has 6 nitrogen and oxygen atoms in total. The van der Waals surface area contributed by atoms with Gasteiger partial charge in [0, 0.05) is 17.5 Å². The second kappa shape index (κ2) is 5.41. The summed E-state index contributed by atoms with van der Waals surface area (Å²) in [6.07, 6.45) is 3.53. The van der Waals surface area contributed by atoms with Crippen LogP contribution in [0, 0.1) is 5.41 Å². The summed E-state index contributed by atoms with van der Waals surface area (Å²) in [5, 5.41) is 10.4. The van der Waals surface area contributed by atoms with Crippen LogP contribution >= 0.6 is 0 Å². The molecule has 2 N–H and O–H groups in total. The van der Waals surface area contributed by atoms with E-state index in [1.54, 1.807) is 24.3 Å². The number of fused-ring (bicyclic) bond motifs is 3. The van der Waals surface area contributed by atoms with E-state index in [9.17, 15) is 14.7 Å². The van der Waals surface area contributed by atoms with Gasteiger partial charge in [-0.1, -0.05) is 19.1 Å². The monoisotopic (exact) mass is 327 g/mol. The molecule has 2 saturated heterocycles. The molecule has 1 amide bonds. The summed E-state index contributed by atoms with van der Waals surface area (Å²) in [4.78, 5) is 34.1. The molecule has 4 rings (SSSR count). The summed E-state index contributed by atoms with van der Waals surface area (Å²) in [7, 11) is 0. The maximum absolute atomic E-state index is 13.0. The highest BCUT2D eigenvalue weighted by atomic mass is 16.3. The average molecular weight is 327 g/mol. The average Bonchev–Trinajstić information content (AvgIpc) is 3.17. The number of carbonyl (C=O) groups is 1. The van der Waals surface area contributed by atoms with Crippen molar-refractivity contribution in [2.24, 2.45) is 5.41 Å². The Morgan fingerprint density at radius 3 is 2.92 bits per heavy atom. The van der Waals surface area contributed by atoms with E-state index >= 15 is 0 Å². The van der Waals surface area contributed by atoms with Gasteiger partial charge in [0.1, 0.15) is 0 Å². The number of benzene rings is 1. The van der Waals surface area contributed by atoms with Crippen molar-refractivity contribution in [3.05, 3.63) is 40.4 Å². The molecule has 0 saturated carbocycles. The first-order valence-corrected chi connectivity index (χ1v) is 8.52. The van der Waals surface area contributed by atoms with Gasteiger partial charge in [0.15, 0.2) is 5.82 Å². The Morgan fingerprint density at radius 2 is 2.21 bits per heavy atom. The van der Waals surface area contributed by atoms with Crippen LogP contribution < -0.4 is 5.56 Å². The second-order valence-corrected chi connectivity index (χ2v) is 6.97. The third kappa shape index (κ3) is 2.02. The fourth-order valence-electron chi connectivity index (χ4n) is 4.57. The van der Waals surface area contributed by atoms with E-state index in [-0.39, 0.29) is 41.4 Å². The molecule has 24 heavy (non-hydrogen) atoms. The number of para-hydroxylation sites is 1. The van der Waals surface area contributed by atoms with Crippen molar-refractivity contribution in [1.82, 2.24) is 14.9 Å². The van der Waals surface area contributed by atoms with Crippen LogP contribution in [0.25, 0.3) is 10.9 Å². The molecule has 3 atom stereocenters. The summed E-state index contributed by atoms with van der Waals surface area (Å²) < 4.78 is 0. The van der Waals surface area contributed by atoms with E-state index in [1.165, 1.54) is 0 Å². The van der Waals surface area contributed by atoms with Crippen molar-refractivity contribution in [2.75, 3.05) is 6.61 Å². The predicted molar refractivity (Wildman–Crippen MR) is 89.8 cm³/mol. The Balaban J connectivity index is 1.74. The predicted octanol–water partition coefficient (Wildman–Crippen LogP) is 1.69. The van der Waals surface area contributed by atoms with Gasteiger partial charge < -0.3 is 15.0 Å². The van der Waals surface area contributed by atoms with Crippen LogP contribution in [0.2, 0.25) is 0 Å². The molecule has 0 unspecified atom stereocenters. The lowest BCUT2D eigenvalue weighted by atomic mass is 9.72. The standard InChI is InChI=1S/C18H21N3O3/c1-2-18(10-22)9-11-7-8-14(18)21(11)17(24)15-19-13-6-4-3-5-12(13)16(23)20-15/h3-6,11,14,22H,2,7-10H2,1H3,(H,19,20,23)/t11-,14+,18-/m1/s1. The van der Waals surface area contributed by atoms with Crippen LogP contribution in [-0.2, 0) is 0 Å². The second-order valence-electron chi connectivity index (χ2n) is 6.97. The van der Waals surface area contributed by atoms with Gasteiger partial charge in [0.05, 0.1) is 17.5 Å². The van der Waals surface area contributed by atoms with Crippen LogP contribution in [0.3, 0.4) is 0 Å². The summed E-state index contributed by atoms with van der Waals surface area (Å²) >= 11 is 0. The Morgan fingerprint density at radius 1 is 1.42 bits per heavy atom. The number of aromatic amines is 1. The van der Waals surface area contributed by atoms with Gasteiger partial charge in [-0.25, -0.2) is 4.98 Å². The SMILES string of the molecule is CC[C@]1(CO)C[C@H]2CC[C@@H]1N2C(=O)c1nc2ccccc2c(=O)[nH]1. The van der Waals surface area contributed by atoms with Crippen molar-refractivity contribution < 1.29 is 9.90 Å². The largest absolute Gasteiger partial charge is 0.396 e. The zero-order valence-corrected chi connectivity index (χ0v) is 13.7. The smallest absolute Gasteiger partial charge is 0.290 e. The van der Waals surface area contributed by atoms with E-state index < -0.39 is 0 Å². The zero-order chi connectivity index (χ0) is 16.9. The van der Waals surface area contributed by atoms with E-state index in [1.807, 2.05) is 4.90 Å². The molecule has 0 aliphatic carbocycles. The minimum absolute atomic E-state index is 0.0294. The van der Waals surface area contributed by atoms with Gasteiger partial charge in [-0.05, 0) is 37.8 Å². The van der Waals surface area contributed by atoms with Crippen LogP contribution in [0.15, 0.2) is 29.1 Å². The number of aliphatic hydroxyl groups is 1. The van der Waals surface area contributed by atoms with Crippen molar-refractivity contribution in [3.63, 3.8) is 0 Å². The molecule has 2 fully saturated rings. The molecule has 126 valence electrons. The fraction of sp³-hybridized carbons (Fsp3) is 0.500. The highest BCUT2D eigenvalue weighted by Gasteiger charge is 2.56. The number of aliphatic hydroxyl groups excluding tert-OH is 1. The van der Waals surface area contributed by atoms with E-state index in [4.69, 9.17) is 0 Å². The molecule has 2 aliphatic heterocycles. The number of rotatable bonds is 3. The lowest BCUT2D eigenvalue weighted by Crippen LogP contribution is -2.43. The molecule has 1 aromatic heterocycles. The maximum atomic E-state index is 13.0. The van der Waals surface area contributed by atoms with Gasteiger partial charge in [-0.3, -0.25) is 9.59 Å². The molecule has 2 bridgehead atoms. The molecule has 0 spiro atoms. The minimum atomic E-state index is -0.292. The van der Waals surface area contributed by atoms with E-state index in [0.29, 0.717) is 10.9 Å². The van der Waals surface area contributed by atoms with Crippen molar-refractivity contribution in [3.8, 4) is 0 Å². The van der Waals surface area contributed by atoms with Gasteiger partial charge in [-0.15, -0.1) is 0 Å². The molecular weight excluding hydrogens is 306 g/mol. The van der Waals surface area contributed by atoms with Crippen molar-refractivity contribution >= 4 is 16.8 Å².